The zero-order chi connectivity index (χ0) is 17.5. The number of imidazole rings is 1. The van der Waals surface area contributed by atoms with Crippen LogP contribution in [0, 0.1) is 0 Å². The highest BCUT2D eigenvalue weighted by Gasteiger charge is 2.11. The fourth-order valence-electron chi connectivity index (χ4n) is 2.77. The number of benzene rings is 1. The van der Waals surface area contributed by atoms with E-state index in [1.54, 1.807) is 0 Å². The predicted molar refractivity (Wildman–Crippen MR) is 98.0 cm³/mol. The normalized spacial score (nSPS) is 11.5. The van der Waals surface area contributed by atoms with E-state index in [4.69, 9.17) is 28.3 Å². The maximum atomic E-state index is 10.6. The maximum absolute atomic E-state index is 10.6. The Morgan fingerprint density at radius 3 is 2.62 bits per heavy atom. The number of carboxylic acid groups (broad SMARTS) is 1. The number of aryl methyl sites for hydroxylation is 2. The molecule has 2 aromatic rings. The Labute approximate surface area is 152 Å². The summed E-state index contributed by atoms with van der Waals surface area (Å²) in [4.78, 5) is 17.5. The van der Waals surface area contributed by atoms with E-state index in [9.17, 15) is 4.79 Å². The van der Waals surface area contributed by atoms with Crippen molar-refractivity contribution in [3.63, 3.8) is 0 Å². The number of carbonyl (C=O) groups is 1. The second kappa shape index (κ2) is 9.25. The molecule has 7 heteroatoms. The predicted octanol–water partition coefficient (Wildman–Crippen LogP) is 3.26. The lowest BCUT2D eigenvalue weighted by atomic mass is 10.2. The second-order valence-corrected chi connectivity index (χ2v) is 6.57. The van der Waals surface area contributed by atoms with Crippen molar-refractivity contribution >= 4 is 40.2 Å². The van der Waals surface area contributed by atoms with E-state index in [1.165, 1.54) is 5.56 Å². The molecule has 0 unspecified atom stereocenters. The molecule has 1 N–H and O–H groups in total. The van der Waals surface area contributed by atoms with E-state index in [-0.39, 0.29) is 6.42 Å². The average molecular weight is 372 g/mol. The lowest BCUT2D eigenvalue weighted by Gasteiger charge is -2.20. The molecule has 1 heterocycles. The minimum Gasteiger partial charge on any atom is -0.481 e. The molecule has 0 saturated carbocycles. The van der Waals surface area contributed by atoms with Gasteiger partial charge >= 0.3 is 5.97 Å². The number of hydrogen-bond donors (Lipinski definition) is 1. The van der Waals surface area contributed by atoms with Crippen LogP contribution in [-0.2, 0) is 24.8 Å². The summed E-state index contributed by atoms with van der Waals surface area (Å²) in [6, 6.07) is 6.23. The topological polar surface area (TPSA) is 58.4 Å². The molecule has 0 spiro atoms. The smallest absolute Gasteiger partial charge is 0.303 e. The number of nitrogens with zero attached hydrogens (tertiary/aromatic N) is 3. The van der Waals surface area contributed by atoms with Crippen LogP contribution in [0.15, 0.2) is 18.2 Å². The Morgan fingerprint density at radius 2 is 2.00 bits per heavy atom. The summed E-state index contributed by atoms with van der Waals surface area (Å²) in [6.45, 7) is 2.41. The monoisotopic (exact) mass is 371 g/mol. The van der Waals surface area contributed by atoms with Crippen LogP contribution < -0.4 is 0 Å². The minimum atomic E-state index is -0.769. The van der Waals surface area contributed by atoms with E-state index < -0.39 is 5.97 Å². The molecular weight excluding hydrogens is 349 g/mol. The molecular formula is C17H23Cl2N3O2. The molecule has 2 rings (SSSR count). The summed E-state index contributed by atoms with van der Waals surface area (Å²) in [6.07, 6.45) is 1.43. The number of aliphatic carboxylic acids is 1. The average Bonchev–Trinajstić information content (AvgIpc) is 2.84. The maximum Gasteiger partial charge on any atom is 0.303 e. The van der Waals surface area contributed by atoms with E-state index in [1.807, 2.05) is 17.7 Å². The number of halogens is 2. The Bertz CT molecular complexity index is 682. The molecule has 1 aromatic carbocycles. The van der Waals surface area contributed by atoms with Gasteiger partial charge in [-0.1, -0.05) is 6.07 Å². The van der Waals surface area contributed by atoms with E-state index in [0.717, 1.165) is 36.5 Å². The molecule has 0 radical (unpaired) electrons. The first kappa shape index (κ1) is 19.0. The number of rotatable bonds is 10. The number of aromatic nitrogens is 2. The zero-order valence-corrected chi connectivity index (χ0v) is 15.4. The van der Waals surface area contributed by atoms with Gasteiger partial charge in [-0.3, -0.25) is 9.69 Å². The van der Waals surface area contributed by atoms with Gasteiger partial charge in [0.15, 0.2) is 0 Å². The van der Waals surface area contributed by atoms with Crippen molar-refractivity contribution in [2.24, 2.45) is 7.05 Å². The molecule has 0 aliphatic rings. The van der Waals surface area contributed by atoms with Gasteiger partial charge in [0.1, 0.15) is 5.82 Å². The van der Waals surface area contributed by atoms with E-state index in [2.05, 4.69) is 22.0 Å². The third-order valence-corrected chi connectivity index (χ3v) is 4.37. The highest BCUT2D eigenvalue weighted by Crippen LogP contribution is 2.19. The van der Waals surface area contributed by atoms with E-state index in [0.29, 0.717) is 24.6 Å². The van der Waals surface area contributed by atoms with Gasteiger partial charge in [0, 0.05) is 51.3 Å². The summed E-state index contributed by atoms with van der Waals surface area (Å²) < 4.78 is 2.05. The molecule has 0 saturated heterocycles. The Balaban J connectivity index is 2.14. The van der Waals surface area contributed by atoms with Crippen LogP contribution in [0.25, 0.3) is 11.0 Å². The summed E-state index contributed by atoms with van der Waals surface area (Å²) in [7, 11) is 1.98. The molecule has 132 valence electrons. The second-order valence-electron chi connectivity index (χ2n) is 5.81. The SMILES string of the molecule is Cn1c(CCCC(=O)O)nc2ccc(CN(CCCl)CCCl)cc21. The molecule has 0 aliphatic carbocycles. The van der Waals surface area contributed by atoms with Crippen LogP contribution in [0.2, 0.25) is 0 Å². The molecule has 0 atom stereocenters. The highest BCUT2D eigenvalue weighted by molar-refractivity contribution is 6.18. The summed E-state index contributed by atoms with van der Waals surface area (Å²) in [5.41, 5.74) is 3.19. The van der Waals surface area contributed by atoms with Crippen LogP contribution in [0.4, 0.5) is 0 Å². The lowest BCUT2D eigenvalue weighted by Crippen LogP contribution is -2.27. The Morgan fingerprint density at radius 1 is 1.29 bits per heavy atom. The van der Waals surface area contributed by atoms with E-state index >= 15 is 0 Å². The standard InChI is InChI=1S/C17H23Cl2N3O2/c1-21-15-11-13(12-22(9-7-18)10-8-19)5-6-14(15)20-16(21)3-2-4-17(23)24/h5-6,11H,2-4,7-10,12H2,1H3,(H,23,24). The Hall–Kier alpha value is -1.30. The van der Waals surface area contributed by atoms with Crippen LogP contribution >= 0.6 is 23.2 Å². The molecule has 0 fully saturated rings. The fraction of sp³-hybridized carbons (Fsp3) is 0.529. The molecule has 24 heavy (non-hydrogen) atoms. The third-order valence-electron chi connectivity index (χ3n) is 4.04. The number of fused-ring (bicyclic) bond motifs is 1. The van der Waals surface area contributed by atoms with Crippen molar-refractivity contribution in [3.8, 4) is 0 Å². The van der Waals surface area contributed by atoms with Gasteiger partial charge in [0.25, 0.3) is 0 Å². The van der Waals surface area contributed by atoms with Gasteiger partial charge in [-0.15, -0.1) is 23.2 Å². The summed E-state index contributed by atoms with van der Waals surface area (Å²) in [5, 5.41) is 8.76. The molecule has 0 bridgehead atoms. The minimum absolute atomic E-state index is 0.167. The van der Waals surface area contributed by atoms with Gasteiger partial charge in [-0.2, -0.15) is 0 Å². The van der Waals surface area contributed by atoms with Crippen molar-refractivity contribution in [2.75, 3.05) is 24.8 Å². The molecule has 5 nitrogen and oxygen atoms in total. The lowest BCUT2D eigenvalue weighted by molar-refractivity contribution is -0.137. The third kappa shape index (κ3) is 5.10. The summed E-state index contributed by atoms with van der Waals surface area (Å²) in [5.74, 6) is 1.31. The first-order valence-electron chi connectivity index (χ1n) is 8.05. The van der Waals surface area contributed by atoms with Gasteiger partial charge in [0.05, 0.1) is 11.0 Å². The molecule has 1 aromatic heterocycles. The van der Waals surface area contributed by atoms with Crippen molar-refractivity contribution in [3.05, 3.63) is 29.6 Å². The number of alkyl halides is 2. The molecule has 0 aliphatic heterocycles. The van der Waals surface area contributed by atoms with Crippen LogP contribution in [0.1, 0.15) is 24.2 Å². The van der Waals surface area contributed by atoms with Crippen molar-refractivity contribution in [1.29, 1.82) is 0 Å². The van der Waals surface area contributed by atoms with Crippen LogP contribution in [0.3, 0.4) is 0 Å². The number of hydrogen-bond acceptors (Lipinski definition) is 3. The van der Waals surface area contributed by atoms with Crippen molar-refractivity contribution in [1.82, 2.24) is 14.5 Å². The highest BCUT2D eigenvalue weighted by atomic mass is 35.5. The zero-order valence-electron chi connectivity index (χ0n) is 13.8. The molecule has 0 amide bonds. The first-order chi connectivity index (χ1) is 11.5. The summed E-state index contributed by atoms with van der Waals surface area (Å²) >= 11 is 11.7. The first-order valence-corrected chi connectivity index (χ1v) is 9.12. The van der Waals surface area contributed by atoms with Crippen LogP contribution in [0.5, 0.6) is 0 Å². The number of carboxylic acids is 1. The van der Waals surface area contributed by atoms with Crippen molar-refractivity contribution < 1.29 is 9.90 Å². The van der Waals surface area contributed by atoms with Gasteiger partial charge < -0.3 is 9.67 Å². The Kier molecular flexibility index (Phi) is 7.34. The van der Waals surface area contributed by atoms with Gasteiger partial charge in [-0.05, 0) is 24.1 Å². The largest absolute Gasteiger partial charge is 0.481 e. The van der Waals surface area contributed by atoms with Gasteiger partial charge in [0.2, 0.25) is 0 Å². The van der Waals surface area contributed by atoms with Crippen LogP contribution in [-0.4, -0.2) is 50.4 Å². The fourth-order valence-corrected chi connectivity index (χ4v) is 3.25. The van der Waals surface area contributed by atoms with Crippen molar-refractivity contribution in [2.45, 2.75) is 25.8 Å². The van der Waals surface area contributed by atoms with Gasteiger partial charge in [-0.25, -0.2) is 4.98 Å². The quantitative estimate of drug-likeness (QED) is 0.651.